The lowest BCUT2D eigenvalue weighted by molar-refractivity contribution is -0.384. The van der Waals surface area contributed by atoms with E-state index in [-0.39, 0.29) is 22.9 Å². The summed E-state index contributed by atoms with van der Waals surface area (Å²) in [4.78, 5) is 26.0. The monoisotopic (exact) mass is 307 g/mol. The first-order chi connectivity index (χ1) is 10.0. The fourth-order valence-electron chi connectivity index (χ4n) is 1.66. The molecule has 21 heavy (non-hydrogen) atoms. The van der Waals surface area contributed by atoms with Crippen LogP contribution in [-0.4, -0.2) is 20.9 Å². The normalized spacial score (nSPS) is 10.2. The molecule has 2 aromatic rings. The quantitative estimate of drug-likeness (QED) is 0.666. The molecule has 1 amide bonds. The summed E-state index contributed by atoms with van der Waals surface area (Å²) in [6.45, 7) is -0.251. The molecule has 0 bridgehead atoms. The summed E-state index contributed by atoms with van der Waals surface area (Å²) in [6, 6.07) is 5.24. The minimum Gasteiger partial charge on any atom is -0.392 e. The summed E-state index contributed by atoms with van der Waals surface area (Å²) in [5.41, 5.74) is 0.759. The topological polar surface area (TPSA) is 105 Å². The van der Waals surface area contributed by atoms with Crippen molar-refractivity contribution in [3.8, 4) is 0 Å². The average molecular weight is 308 g/mol. The first-order valence-electron chi connectivity index (χ1n) is 5.82. The van der Waals surface area contributed by atoms with Crippen LogP contribution in [0.2, 0.25) is 5.02 Å². The molecule has 7 nitrogen and oxygen atoms in total. The molecule has 0 unspecified atom stereocenters. The van der Waals surface area contributed by atoms with E-state index in [1.165, 1.54) is 24.5 Å². The van der Waals surface area contributed by atoms with Gasteiger partial charge >= 0.3 is 0 Å². The first-order valence-corrected chi connectivity index (χ1v) is 6.19. The summed E-state index contributed by atoms with van der Waals surface area (Å²) in [5, 5.41) is 22.3. The predicted octanol–water partition coefficient (Wildman–Crippen LogP) is 2.39. The number of nitro benzene ring substituents is 1. The number of aliphatic hydroxyl groups is 1. The van der Waals surface area contributed by atoms with Gasteiger partial charge in [-0.25, -0.2) is 0 Å². The Balaban J connectivity index is 2.25. The van der Waals surface area contributed by atoms with E-state index in [0.717, 1.165) is 6.07 Å². The molecule has 8 heteroatoms. The van der Waals surface area contributed by atoms with Crippen molar-refractivity contribution in [2.45, 2.75) is 6.61 Å². The van der Waals surface area contributed by atoms with Gasteiger partial charge in [-0.1, -0.05) is 11.6 Å². The molecule has 0 aliphatic carbocycles. The number of nitrogens with zero attached hydrogens (tertiary/aromatic N) is 2. The van der Waals surface area contributed by atoms with Crippen LogP contribution in [0.5, 0.6) is 0 Å². The number of nitro groups is 1. The highest BCUT2D eigenvalue weighted by molar-refractivity contribution is 6.33. The summed E-state index contributed by atoms with van der Waals surface area (Å²) in [6.07, 6.45) is 2.89. The van der Waals surface area contributed by atoms with E-state index in [1.807, 2.05) is 0 Å². The number of halogens is 1. The van der Waals surface area contributed by atoms with Gasteiger partial charge in [0.25, 0.3) is 11.6 Å². The van der Waals surface area contributed by atoms with Crippen LogP contribution >= 0.6 is 11.6 Å². The lowest BCUT2D eigenvalue weighted by atomic mass is 10.1. The van der Waals surface area contributed by atoms with Crippen molar-refractivity contribution in [1.29, 1.82) is 0 Å². The fourth-order valence-corrected chi connectivity index (χ4v) is 1.91. The Morgan fingerprint density at radius 1 is 1.43 bits per heavy atom. The summed E-state index contributed by atoms with van der Waals surface area (Å²) in [5.74, 6) is -0.505. The molecule has 1 aromatic heterocycles. The summed E-state index contributed by atoms with van der Waals surface area (Å²) >= 11 is 5.76. The Morgan fingerprint density at radius 2 is 2.19 bits per heavy atom. The molecule has 0 saturated heterocycles. The molecule has 0 fully saturated rings. The SMILES string of the molecule is O=C(Nc1cnccc1CO)c1ccc([N+](=O)[O-])c(Cl)c1. The van der Waals surface area contributed by atoms with Crippen molar-refractivity contribution in [2.24, 2.45) is 0 Å². The number of amides is 1. The minimum absolute atomic E-state index is 0.124. The van der Waals surface area contributed by atoms with Crippen LogP contribution < -0.4 is 5.32 Å². The third-order valence-electron chi connectivity index (χ3n) is 2.74. The minimum atomic E-state index is -0.630. The standard InChI is InChI=1S/C13H10ClN3O4/c14-10-5-8(1-2-12(10)17(20)21)13(19)16-11-6-15-4-3-9(11)7-18/h1-6,18H,7H2,(H,16,19). The molecule has 0 saturated carbocycles. The van der Waals surface area contributed by atoms with Gasteiger partial charge in [-0.3, -0.25) is 19.9 Å². The Hall–Kier alpha value is -2.51. The van der Waals surface area contributed by atoms with Crippen molar-refractivity contribution < 1.29 is 14.8 Å². The van der Waals surface area contributed by atoms with Crippen LogP contribution in [-0.2, 0) is 6.61 Å². The van der Waals surface area contributed by atoms with Gasteiger partial charge in [-0.15, -0.1) is 0 Å². The van der Waals surface area contributed by atoms with E-state index in [0.29, 0.717) is 11.3 Å². The van der Waals surface area contributed by atoms with Gasteiger partial charge in [0, 0.05) is 23.4 Å². The van der Waals surface area contributed by atoms with Crippen LogP contribution in [0.3, 0.4) is 0 Å². The number of aromatic nitrogens is 1. The van der Waals surface area contributed by atoms with Crippen LogP contribution in [0.15, 0.2) is 36.7 Å². The Bertz CT molecular complexity index is 706. The van der Waals surface area contributed by atoms with Gasteiger partial charge < -0.3 is 10.4 Å². The Kier molecular flexibility index (Phi) is 4.46. The van der Waals surface area contributed by atoms with Crippen LogP contribution in [0.25, 0.3) is 0 Å². The third kappa shape index (κ3) is 3.33. The van der Waals surface area contributed by atoms with E-state index in [2.05, 4.69) is 10.3 Å². The number of carbonyl (C=O) groups is 1. The third-order valence-corrected chi connectivity index (χ3v) is 3.04. The number of rotatable bonds is 4. The van der Waals surface area contributed by atoms with E-state index >= 15 is 0 Å². The zero-order valence-electron chi connectivity index (χ0n) is 10.6. The zero-order valence-corrected chi connectivity index (χ0v) is 11.4. The number of aliphatic hydroxyl groups excluding tert-OH is 1. The first kappa shape index (κ1) is 14.9. The van der Waals surface area contributed by atoms with E-state index in [4.69, 9.17) is 16.7 Å². The predicted molar refractivity (Wildman–Crippen MR) is 76.2 cm³/mol. The Morgan fingerprint density at radius 3 is 2.81 bits per heavy atom. The molecule has 0 radical (unpaired) electrons. The number of carbonyl (C=O) groups excluding carboxylic acids is 1. The van der Waals surface area contributed by atoms with Crippen molar-refractivity contribution >= 4 is 28.9 Å². The molecule has 2 rings (SSSR count). The van der Waals surface area contributed by atoms with Gasteiger partial charge in [0.15, 0.2) is 0 Å². The molecule has 0 atom stereocenters. The number of nitrogens with one attached hydrogen (secondary N) is 1. The molecule has 1 aromatic carbocycles. The number of hydrogen-bond donors (Lipinski definition) is 2. The lowest BCUT2D eigenvalue weighted by Crippen LogP contribution is -2.13. The van der Waals surface area contributed by atoms with Gasteiger partial charge in [0.1, 0.15) is 5.02 Å². The lowest BCUT2D eigenvalue weighted by Gasteiger charge is -2.08. The van der Waals surface area contributed by atoms with Crippen LogP contribution in [0.1, 0.15) is 15.9 Å². The Labute approximate surface area is 124 Å². The fraction of sp³-hybridized carbons (Fsp3) is 0.0769. The highest BCUT2D eigenvalue weighted by Gasteiger charge is 2.16. The van der Waals surface area contributed by atoms with Crippen LogP contribution in [0, 0.1) is 10.1 Å². The maximum Gasteiger partial charge on any atom is 0.287 e. The smallest absolute Gasteiger partial charge is 0.287 e. The van der Waals surface area contributed by atoms with Crippen molar-refractivity contribution in [3.63, 3.8) is 0 Å². The highest BCUT2D eigenvalue weighted by atomic mass is 35.5. The van der Waals surface area contributed by atoms with E-state index in [1.54, 1.807) is 6.07 Å². The van der Waals surface area contributed by atoms with E-state index < -0.39 is 10.8 Å². The second-order valence-electron chi connectivity index (χ2n) is 4.07. The second-order valence-corrected chi connectivity index (χ2v) is 4.48. The molecular formula is C13H10ClN3O4. The van der Waals surface area contributed by atoms with Crippen LogP contribution in [0.4, 0.5) is 11.4 Å². The maximum absolute atomic E-state index is 12.1. The number of pyridine rings is 1. The molecule has 0 aliphatic heterocycles. The molecule has 108 valence electrons. The summed E-state index contributed by atoms with van der Waals surface area (Å²) in [7, 11) is 0. The summed E-state index contributed by atoms with van der Waals surface area (Å²) < 4.78 is 0. The highest BCUT2D eigenvalue weighted by Crippen LogP contribution is 2.25. The van der Waals surface area contributed by atoms with Gasteiger partial charge in [-0.2, -0.15) is 0 Å². The van der Waals surface area contributed by atoms with Crippen molar-refractivity contribution in [1.82, 2.24) is 4.98 Å². The number of hydrogen-bond acceptors (Lipinski definition) is 5. The number of benzene rings is 1. The molecular weight excluding hydrogens is 298 g/mol. The zero-order chi connectivity index (χ0) is 15.4. The van der Waals surface area contributed by atoms with Crippen molar-refractivity contribution in [3.05, 3.63) is 62.9 Å². The largest absolute Gasteiger partial charge is 0.392 e. The number of anilines is 1. The molecule has 0 aliphatic rings. The maximum atomic E-state index is 12.1. The molecule has 1 heterocycles. The van der Waals surface area contributed by atoms with Gasteiger partial charge in [0.2, 0.25) is 0 Å². The molecule has 2 N–H and O–H groups in total. The second kappa shape index (κ2) is 6.29. The van der Waals surface area contributed by atoms with E-state index in [9.17, 15) is 14.9 Å². The molecule has 0 spiro atoms. The van der Waals surface area contributed by atoms with Gasteiger partial charge in [-0.05, 0) is 18.2 Å². The van der Waals surface area contributed by atoms with Gasteiger partial charge in [0.05, 0.1) is 23.4 Å². The van der Waals surface area contributed by atoms with Crippen molar-refractivity contribution in [2.75, 3.05) is 5.32 Å². The average Bonchev–Trinajstić information content (AvgIpc) is 2.47.